The molecular formula is C30H36N2O7. The predicted molar refractivity (Wildman–Crippen MR) is 144 cm³/mol. The van der Waals surface area contributed by atoms with E-state index in [9.17, 15) is 19.2 Å². The molecule has 1 aromatic rings. The van der Waals surface area contributed by atoms with Gasteiger partial charge in [-0.3, -0.25) is 19.2 Å². The van der Waals surface area contributed by atoms with Gasteiger partial charge in [0.15, 0.2) is 0 Å². The van der Waals surface area contributed by atoms with Crippen molar-refractivity contribution in [3.8, 4) is 0 Å². The fourth-order valence-electron chi connectivity index (χ4n) is 4.21. The number of hydrogen-bond acceptors (Lipinski definition) is 6. The lowest BCUT2D eigenvalue weighted by Crippen LogP contribution is -2.37. The molecule has 208 valence electrons. The number of nitrogens with one attached hydrogen (secondary N) is 2. The molecule has 2 saturated carbocycles. The minimum absolute atomic E-state index is 0.0124. The normalized spacial score (nSPS) is 17.0. The van der Waals surface area contributed by atoms with Crippen molar-refractivity contribution >= 4 is 29.8 Å². The van der Waals surface area contributed by atoms with Gasteiger partial charge >= 0.3 is 11.9 Å². The molecule has 9 nitrogen and oxygen atoms in total. The van der Waals surface area contributed by atoms with Crippen LogP contribution in [0.25, 0.3) is 6.08 Å². The molecule has 0 aliphatic heterocycles. The molecule has 0 aromatic heterocycles. The Balaban J connectivity index is 1.34. The van der Waals surface area contributed by atoms with Crippen LogP contribution in [0.3, 0.4) is 0 Å². The van der Waals surface area contributed by atoms with Gasteiger partial charge in [-0.1, -0.05) is 43.2 Å². The SMILES string of the molecule is O=C(O)CCC(=O)OCCNC(=O)/C(=C/c1ccc(C2CC2)cc1)NC(=O)C1=CC=C(OCCC2CC2)CC1. The summed E-state index contributed by atoms with van der Waals surface area (Å²) in [5, 5.41) is 14.0. The number of rotatable bonds is 15. The van der Waals surface area contributed by atoms with Gasteiger partial charge in [-0.15, -0.1) is 0 Å². The molecule has 0 heterocycles. The summed E-state index contributed by atoms with van der Waals surface area (Å²) >= 11 is 0. The van der Waals surface area contributed by atoms with Gasteiger partial charge in [0.25, 0.3) is 11.8 Å². The summed E-state index contributed by atoms with van der Waals surface area (Å²) in [6.07, 6.45) is 11.8. The second-order valence-electron chi connectivity index (χ2n) is 10.2. The second-order valence-corrected chi connectivity index (χ2v) is 10.2. The van der Waals surface area contributed by atoms with Crippen molar-refractivity contribution in [2.24, 2.45) is 5.92 Å². The van der Waals surface area contributed by atoms with Crippen molar-refractivity contribution in [1.29, 1.82) is 0 Å². The molecule has 0 radical (unpaired) electrons. The predicted octanol–water partition coefficient (Wildman–Crippen LogP) is 3.97. The monoisotopic (exact) mass is 536 g/mol. The minimum Gasteiger partial charge on any atom is -0.498 e. The Bertz CT molecular complexity index is 1160. The van der Waals surface area contributed by atoms with Gasteiger partial charge in [0.05, 0.1) is 31.8 Å². The van der Waals surface area contributed by atoms with E-state index in [4.69, 9.17) is 14.6 Å². The lowest BCUT2D eigenvalue weighted by atomic mass is 10.0. The maximum Gasteiger partial charge on any atom is 0.306 e. The number of carboxylic acid groups (broad SMARTS) is 1. The first-order valence-corrected chi connectivity index (χ1v) is 13.7. The largest absolute Gasteiger partial charge is 0.498 e. The Morgan fingerprint density at radius 2 is 1.72 bits per heavy atom. The van der Waals surface area contributed by atoms with Gasteiger partial charge < -0.3 is 25.2 Å². The molecule has 1 aromatic carbocycles. The van der Waals surface area contributed by atoms with E-state index >= 15 is 0 Å². The number of esters is 1. The highest BCUT2D eigenvalue weighted by Crippen LogP contribution is 2.40. The number of carbonyl (C=O) groups is 4. The third kappa shape index (κ3) is 9.74. The van der Waals surface area contributed by atoms with Gasteiger partial charge in [-0.05, 0) is 60.8 Å². The standard InChI is InChI=1S/C30H36N2O7/c33-27(34)13-14-28(35)39-18-16-31-30(37)26(19-21-3-5-22(6-4-21)23-7-8-23)32-29(36)24-9-11-25(12-10-24)38-17-15-20-1-2-20/h3-6,9,11,19-20,23H,1-2,7-8,10,12-18H2,(H,31,37)(H,32,36)(H,33,34)/b26-19-. The van der Waals surface area contributed by atoms with Crippen LogP contribution in [0.5, 0.6) is 0 Å². The first-order chi connectivity index (χ1) is 18.9. The maximum absolute atomic E-state index is 13.0. The number of benzene rings is 1. The third-order valence-electron chi connectivity index (χ3n) is 6.90. The molecule has 0 unspecified atom stereocenters. The molecule has 3 aliphatic carbocycles. The zero-order chi connectivity index (χ0) is 27.6. The summed E-state index contributed by atoms with van der Waals surface area (Å²) in [5.41, 5.74) is 2.67. The summed E-state index contributed by atoms with van der Waals surface area (Å²) in [4.78, 5) is 48.2. The van der Waals surface area contributed by atoms with E-state index in [0.717, 1.165) is 23.7 Å². The zero-order valence-corrected chi connectivity index (χ0v) is 22.1. The topological polar surface area (TPSA) is 131 Å². The summed E-state index contributed by atoms with van der Waals surface area (Å²) < 4.78 is 10.8. The van der Waals surface area contributed by atoms with E-state index in [1.165, 1.54) is 31.2 Å². The van der Waals surface area contributed by atoms with Crippen LogP contribution in [-0.2, 0) is 28.7 Å². The highest BCUT2D eigenvalue weighted by atomic mass is 16.5. The second kappa shape index (κ2) is 13.8. The lowest BCUT2D eigenvalue weighted by molar-refractivity contribution is -0.147. The summed E-state index contributed by atoms with van der Waals surface area (Å²) in [6, 6.07) is 7.92. The Morgan fingerprint density at radius 1 is 0.949 bits per heavy atom. The molecule has 3 aliphatic rings. The number of amides is 2. The zero-order valence-electron chi connectivity index (χ0n) is 22.1. The highest BCUT2D eigenvalue weighted by Gasteiger charge is 2.24. The van der Waals surface area contributed by atoms with E-state index in [-0.39, 0.29) is 37.6 Å². The van der Waals surface area contributed by atoms with Crippen molar-refractivity contribution in [3.05, 3.63) is 64.6 Å². The molecule has 2 fully saturated rings. The van der Waals surface area contributed by atoms with Gasteiger partial charge in [0.1, 0.15) is 12.3 Å². The molecule has 0 bridgehead atoms. The third-order valence-corrected chi connectivity index (χ3v) is 6.90. The Kier molecular flexibility index (Phi) is 9.94. The molecule has 4 rings (SSSR count). The van der Waals surface area contributed by atoms with Crippen LogP contribution in [0.1, 0.15) is 74.8 Å². The summed E-state index contributed by atoms with van der Waals surface area (Å²) in [5.74, 6) is -0.341. The van der Waals surface area contributed by atoms with Crippen LogP contribution < -0.4 is 10.6 Å². The average Bonchev–Trinajstić information content (AvgIpc) is 3.85. The fourth-order valence-corrected chi connectivity index (χ4v) is 4.21. The molecule has 0 saturated heterocycles. The average molecular weight is 537 g/mol. The number of aliphatic carboxylic acids is 1. The van der Waals surface area contributed by atoms with Crippen molar-refractivity contribution in [1.82, 2.24) is 10.6 Å². The highest BCUT2D eigenvalue weighted by molar-refractivity contribution is 6.05. The Morgan fingerprint density at radius 3 is 2.36 bits per heavy atom. The quantitative estimate of drug-likeness (QED) is 0.176. The maximum atomic E-state index is 13.0. The summed E-state index contributed by atoms with van der Waals surface area (Å²) in [7, 11) is 0. The lowest BCUT2D eigenvalue weighted by Gasteiger charge is -2.17. The molecule has 9 heteroatoms. The number of allylic oxidation sites excluding steroid dienone is 3. The Hall–Kier alpha value is -3.88. The molecule has 0 spiro atoms. The fraction of sp³-hybridized carbons (Fsp3) is 0.467. The molecule has 3 N–H and O–H groups in total. The van der Waals surface area contributed by atoms with Crippen LogP contribution in [0, 0.1) is 5.92 Å². The first kappa shape index (κ1) is 28.1. The Labute approximate surface area is 228 Å². The number of hydrogen-bond donors (Lipinski definition) is 3. The molecule has 39 heavy (non-hydrogen) atoms. The van der Waals surface area contributed by atoms with Crippen molar-refractivity contribution in [2.45, 2.75) is 63.7 Å². The number of carboxylic acids is 1. The smallest absolute Gasteiger partial charge is 0.306 e. The van der Waals surface area contributed by atoms with Crippen molar-refractivity contribution in [2.75, 3.05) is 19.8 Å². The molecule has 0 atom stereocenters. The van der Waals surface area contributed by atoms with Gasteiger partial charge in [-0.25, -0.2) is 0 Å². The molecule has 2 amide bonds. The van der Waals surface area contributed by atoms with Crippen LogP contribution in [-0.4, -0.2) is 48.6 Å². The van der Waals surface area contributed by atoms with Gasteiger partial charge in [0, 0.05) is 12.0 Å². The number of ether oxygens (including phenoxy) is 2. The van der Waals surface area contributed by atoms with Crippen LogP contribution in [0.15, 0.2) is 53.4 Å². The van der Waals surface area contributed by atoms with Crippen molar-refractivity contribution in [3.63, 3.8) is 0 Å². The minimum atomic E-state index is -1.09. The van der Waals surface area contributed by atoms with E-state index in [1.807, 2.05) is 30.3 Å². The van der Waals surface area contributed by atoms with E-state index in [1.54, 1.807) is 12.2 Å². The van der Waals surface area contributed by atoms with Gasteiger partial charge in [0.2, 0.25) is 0 Å². The van der Waals surface area contributed by atoms with E-state index in [0.29, 0.717) is 30.9 Å². The summed E-state index contributed by atoms with van der Waals surface area (Å²) in [6.45, 7) is 0.604. The van der Waals surface area contributed by atoms with Crippen molar-refractivity contribution < 1.29 is 33.8 Å². The first-order valence-electron chi connectivity index (χ1n) is 13.7. The van der Waals surface area contributed by atoms with Gasteiger partial charge in [-0.2, -0.15) is 0 Å². The van der Waals surface area contributed by atoms with Crippen LogP contribution >= 0.6 is 0 Å². The van der Waals surface area contributed by atoms with Crippen LogP contribution in [0.4, 0.5) is 0 Å². The molecular weight excluding hydrogens is 500 g/mol. The van der Waals surface area contributed by atoms with Crippen LogP contribution in [0.2, 0.25) is 0 Å². The van der Waals surface area contributed by atoms with E-state index in [2.05, 4.69) is 10.6 Å². The number of carbonyl (C=O) groups excluding carboxylic acids is 3. The van der Waals surface area contributed by atoms with E-state index < -0.39 is 17.8 Å².